The van der Waals surface area contributed by atoms with E-state index in [1.807, 2.05) is 12.1 Å². The lowest BCUT2D eigenvalue weighted by Gasteiger charge is -2.00. The Labute approximate surface area is 81.2 Å². The van der Waals surface area contributed by atoms with Crippen molar-refractivity contribution in [2.75, 3.05) is 5.73 Å². The van der Waals surface area contributed by atoms with E-state index < -0.39 is 0 Å². The molecule has 0 aliphatic heterocycles. The van der Waals surface area contributed by atoms with Crippen LogP contribution in [0.4, 0.5) is 5.82 Å². The molecule has 0 saturated carbocycles. The fraction of sp³-hybridized carbons (Fsp3) is 0. The number of aromatic nitrogens is 2. The molecule has 0 saturated heterocycles. The maximum atomic E-state index is 8.71. The Bertz CT molecular complexity index is 493. The van der Waals surface area contributed by atoms with Gasteiger partial charge < -0.3 is 10.3 Å². The molecule has 2 aromatic rings. The molecule has 0 spiro atoms. The molecular formula is C10H8N4. The minimum absolute atomic E-state index is 0.465. The molecule has 14 heavy (non-hydrogen) atoms. The van der Waals surface area contributed by atoms with E-state index in [1.54, 1.807) is 29.2 Å². The SMILES string of the molecule is N#Cc1cccc(-n2cnc(N)c2)c1. The predicted octanol–water partition coefficient (Wildman–Crippen LogP) is 1.33. The summed E-state index contributed by atoms with van der Waals surface area (Å²) in [5.74, 6) is 0.465. The van der Waals surface area contributed by atoms with Crippen molar-refractivity contribution >= 4 is 5.82 Å². The first-order chi connectivity index (χ1) is 6.79. The summed E-state index contributed by atoms with van der Waals surface area (Å²) < 4.78 is 1.77. The van der Waals surface area contributed by atoms with Gasteiger partial charge in [-0.2, -0.15) is 5.26 Å². The summed E-state index contributed by atoms with van der Waals surface area (Å²) in [7, 11) is 0. The third-order valence-corrected chi connectivity index (χ3v) is 1.88. The van der Waals surface area contributed by atoms with Crippen LogP contribution in [0.15, 0.2) is 36.8 Å². The van der Waals surface area contributed by atoms with Crippen LogP contribution >= 0.6 is 0 Å². The van der Waals surface area contributed by atoms with E-state index >= 15 is 0 Å². The minimum Gasteiger partial charge on any atom is -0.382 e. The van der Waals surface area contributed by atoms with Gasteiger partial charge in [-0.05, 0) is 18.2 Å². The first-order valence-electron chi connectivity index (χ1n) is 4.09. The average Bonchev–Trinajstić information content (AvgIpc) is 2.65. The summed E-state index contributed by atoms with van der Waals surface area (Å²) >= 11 is 0. The van der Waals surface area contributed by atoms with Crippen LogP contribution in [-0.4, -0.2) is 9.55 Å². The number of nitrogens with two attached hydrogens (primary N) is 1. The topological polar surface area (TPSA) is 67.6 Å². The number of nitrogens with zero attached hydrogens (tertiary/aromatic N) is 3. The Morgan fingerprint density at radius 3 is 2.93 bits per heavy atom. The molecular weight excluding hydrogens is 176 g/mol. The second-order valence-electron chi connectivity index (χ2n) is 2.87. The Morgan fingerprint density at radius 1 is 1.43 bits per heavy atom. The van der Waals surface area contributed by atoms with Crippen LogP contribution in [0.25, 0.3) is 5.69 Å². The number of rotatable bonds is 1. The number of anilines is 1. The van der Waals surface area contributed by atoms with E-state index in [1.165, 1.54) is 0 Å². The van der Waals surface area contributed by atoms with E-state index in [-0.39, 0.29) is 0 Å². The number of imidazole rings is 1. The van der Waals surface area contributed by atoms with Gasteiger partial charge in [-0.3, -0.25) is 0 Å². The van der Waals surface area contributed by atoms with Gasteiger partial charge in [0.05, 0.1) is 17.8 Å². The lowest BCUT2D eigenvalue weighted by molar-refractivity contribution is 1.06. The Hall–Kier alpha value is -2.28. The van der Waals surface area contributed by atoms with Crippen molar-refractivity contribution in [3.8, 4) is 11.8 Å². The molecule has 2 N–H and O–H groups in total. The second-order valence-corrected chi connectivity index (χ2v) is 2.87. The van der Waals surface area contributed by atoms with Gasteiger partial charge in [-0.15, -0.1) is 0 Å². The number of hydrogen-bond acceptors (Lipinski definition) is 3. The van der Waals surface area contributed by atoms with Crippen molar-refractivity contribution in [1.29, 1.82) is 5.26 Å². The maximum Gasteiger partial charge on any atom is 0.141 e. The molecule has 0 unspecified atom stereocenters. The highest BCUT2D eigenvalue weighted by Crippen LogP contribution is 2.11. The fourth-order valence-electron chi connectivity index (χ4n) is 1.22. The van der Waals surface area contributed by atoms with Crippen LogP contribution in [-0.2, 0) is 0 Å². The fourth-order valence-corrected chi connectivity index (χ4v) is 1.22. The van der Waals surface area contributed by atoms with Crippen molar-refractivity contribution in [3.63, 3.8) is 0 Å². The van der Waals surface area contributed by atoms with Gasteiger partial charge in [0, 0.05) is 5.69 Å². The predicted molar refractivity (Wildman–Crippen MR) is 52.7 cm³/mol. The largest absolute Gasteiger partial charge is 0.382 e. The van der Waals surface area contributed by atoms with E-state index in [0.29, 0.717) is 11.4 Å². The molecule has 4 nitrogen and oxygen atoms in total. The third-order valence-electron chi connectivity index (χ3n) is 1.88. The maximum absolute atomic E-state index is 8.71. The number of hydrogen-bond donors (Lipinski definition) is 1. The number of nitriles is 1. The van der Waals surface area contributed by atoms with Gasteiger partial charge in [0.1, 0.15) is 12.1 Å². The van der Waals surface area contributed by atoms with Gasteiger partial charge in [-0.25, -0.2) is 4.98 Å². The van der Waals surface area contributed by atoms with Gasteiger partial charge in [0.25, 0.3) is 0 Å². The highest BCUT2D eigenvalue weighted by molar-refractivity contribution is 5.42. The van der Waals surface area contributed by atoms with Crippen LogP contribution in [0.2, 0.25) is 0 Å². The molecule has 68 valence electrons. The zero-order valence-corrected chi connectivity index (χ0v) is 7.38. The average molecular weight is 184 g/mol. The summed E-state index contributed by atoms with van der Waals surface area (Å²) in [6.45, 7) is 0. The van der Waals surface area contributed by atoms with Gasteiger partial charge in [0.2, 0.25) is 0 Å². The molecule has 1 aromatic heterocycles. The Balaban J connectivity index is 2.47. The summed E-state index contributed by atoms with van der Waals surface area (Å²) in [6.07, 6.45) is 3.32. The standard InChI is InChI=1S/C10H8N4/c11-5-8-2-1-3-9(4-8)14-6-10(12)13-7-14/h1-4,6-7H,12H2. The minimum atomic E-state index is 0.465. The summed E-state index contributed by atoms with van der Waals surface area (Å²) in [4.78, 5) is 3.91. The highest BCUT2D eigenvalue weighted by Gasteiger charge is 1.98. The molecule has 0 atom stereocenters. The van der Waals surface area contributed by atoms with Crippen LogP contribution in [0.5, 0.6) is 0 Å². The summed E-state index contributed by atoms with van der Waals surface area (Å²) in [6, 6.07) is 9.33. The van der Waals surface area contributed by atoms with Gasteiger partial charge in [0.15, 0.2) is 0 Å². The number of benzene rings is 1. The monoisotopic (exact) mass is 184 g/mol. The van der Waals surface area contributed by atoms with Crippen molar-refractivity contribution < 1.29 is 0 Å². The van der Waals surface area contributed by atoms with Crippen molar-refractivity contribution in [1.82, 2.24) is 9.55 Å². The smallest absolute Gasteiger partial charge is 0.141 e. The Morgan fingerprint density at radius 2 is 2.29 bits per heavy atom. The van der Waals surface area contributed by atoms with Gasteiger partial charge >= 0.3 is 0 Å². The van der Waals surface area contributed by atoms with E-state index in [4.69, 9.17) is 11.0 Å². The molecule has 1 heterocycles. The van der Waals surface area contributed by atoms with Crippen molar-refractivity contribution in [3.05, 3.63) is 42.4 Å². The molecule has 0 radical (unpaired) electrons. The van der Waals surface area contributed by atoms with Crippen LogP contribution < -0.4 is 5.73 Å². The van der Waals surface area contributed by atoms with Crippen molar-refractivity contribution in [2.45, 2.75) is 0 Å². The molecule has 2 rings (SSSR count). The van der Waals surface area contributed by atoms with E-state index in [0.717, 1.165) is 5.69 Å². The zero-order chi connectivity index (χ0) is 9.97. The van der Waals surface area contributed by atoms with Crippen LogP contribution in [0, 0.1) is 11.3 Å². The second kappa shape index (κ2) is 3.23. The Kier molecular flexibility index (Phi) is 1.92. The van der Waals surface area contributed by atoms with E-state index in [9.17, 15) is 0 Å². The molecule has 0 amide bonds. The highest BCUT2D eigenvalue weighted by atomic mass is 15.1. The molecule has 0 aliphatic carbocycles. The molecule has 4 heteroatoms. The van der Waals surface area contributed by atoms with Gasteiger partial charge in [-0.1, -0.05) is 6.07 Å². The van der Waals surface area contributed by atoms with Crippen LogP contribution in [0.3, 0.4) is 0 Å². The first kappa shape index (κ1) is 8.32. The normalized spacial score (nSPS) is 9.64. The lowest BCUT2D eigenvalue weighted by Crippen LogP contribution is -1.90. The van der Waals surface area contributed by atoms with Crippen molar-refractivity contribution in [2.24, 2.45) is 0 Å². The molecule has 1 aromatic carbocycles. The third kappa shape index (κ3) is 1.43. The molecule has 0 aliphatic rings. The first-order valence-corrected chi connectivity index (χ1v) is 4.09. The number of nitrogen functional groups attached to an aromatic ring is 1. The van der Waals surface area contributed by atoms with Crippen LogP contribution in [0.1, 0.15) is 5.56 Å². The molecule has 0 bridgehead atoms. The summed E-state index contributed by atoms with van der Waals surface area (Å²) in [5, 5.41) is 8.71. The quantitative estimate of drug-likeness (QED) is 0.726. The van der Waals surface area contributed by atoms with E-state index in [2.05, 4.69) is 11.1 Å². The summed E-state index contributed by atoms with van der Waals surface area (Å²) in [5.41, 5.74) is 6.99. The lowest BCUT2D eigenvalue weighted by atomic mass is 10.2. The molecule has 0 fully saturated rings. The zero-order valence-electron chi connectivity index (χ0n) is 7.38.